The Kier molecular flexibility index (Phi) is 15.8. The number of hydrogen-bond acceptors (Lipinski definition) is 6. The molecule has 6 heteroatoms. The van der Waals surface area contributed by atoms with Crippen LogP contribution in [-0.2, 0) is 0 Å². The Bertz CT molecular complexity index is 9570. The van der Waals surface area contributed by atoms with Crippen LogP contribution in [0.5, 0.6) is 0 Å². The number of hydrogen-bond donors (Lipinski definition) is 0. The number of fused-ring (bicyclic) bond motifs is 28. The number of furan rings is 6. The topological polar surface area (TPSA) is 78.8 Å². The molecular weight excluding hydrogens is 1560 g/mol. The molecule has 0 radical (unpaired) electrons. The van der Waals surface area contributed by atoms with Gasteiger partial charge in [-0.25, -0.2) is 0 Å². The highest BCUT2D eigenvalue weighted by Crippen LogP contribution is 2.52. The number of benzene rings is 23. The van der Waals surface area contributed by atoms with E-state index >= 15 is 0 Å². The quantitative estimate of drug-likeness (QED) is 0.154. The van der Waals surface area contributed by atoms with Crippen LogP contribution in [0.4, 0.5) is 0 Å². The molecule has 0 atom stereocenters. The van der Waals surface area contributed by atoms with E-state index in [9.17, 15) is 0 Å². The van der Waals surface area contributed by atoms with Gasteiger partial charge in [0.2, 0.25) is 0 Å². The first-order chi connectivity index (χ1) is 63.5. The fourth-order valence-corrected chi connectivity index (χ4v) is 21.3. The second-order valence-electron chi connectivity index (χ2n) is 33.7. The normalized spacial score (nSPS) is 12.1. The lowest BCUT2D eigenvalue weighted by atomic mass is 9.84. The van der Waals surface area contributed by atoms with Gasteiger partial charge in [-0.3, -0.25) is 0 Å². The monoisotopic (exact) mass is 1630 g/mol. The molecule has 0 aliphatic carbocycles. The Hall–Kier alpha value is -17.1. The van der Waals surface area contributed by atoms with Crippen LogP contribution in [0, 0.1) is 0 Å². The summed E-state index contributed by atoms with van der Waals surface area (Å²) in [6, 6.07) is 151. The smallest absolute Gasteiger partial charge is 0.139 e. The van der Waals surface area contributed by atoms with Crippen LogP contribution in [0.25, 0.3) is 285 Å². The highest BCUT2D eigenvalue weighted by Gasteiger charge is 2.26. The minimum Gasteiger partial charge on any atom is -0.456 e. The van der Waals surface area contributed by atoms with Crippen LogP contribution < -0.4 is 0 Å². The highest BCUT2D eigenvalue weighted by atomic mass is 16.4. The molecule has 0 fully saturated rings. The van der Waals surface area contributed by atoms with Crippen molar-refractivity contribution in [1.29, 1.82) is 0 Å². The van der Waals surface area contributed by atoms with Gasteiger partial charge in [-0.05, 0) is 244 Å². The van der Waals surface area contributed by atoms with Gasteiger partial charge in [0.15, 0.2) is 0 Å². The molecule has 6 heterocycles. The molecule has 29 rings (SSSR count). The van der Waals surface area contributed by atoms with Gasteiger partial charge in [0.1, 0.15) is 67.0 Å². The van der Waals surface area contributed by atoms with Gasteiger partial charge in [0, 0.05) is 70.7 Å². The Balaban J connectivity index is 0.0000000994. The van der Waals surface area contributed by atoms with E-state index < -0.39 is 0 Å². The first-order valence-corrected chi connectivity index (χ1v) is 43.6. The Morgan fingerprint density at radius 2 is 0.375 bits per heavy atom. The zero-order valence-electron chi connectivity index (χ0n) is 68.9. The van der Waals surface area contributed by atoms with Crippen molar-refractivity contribution in [2.45, 2.75) is 0 Å². The maximum Gasteiger partial charge on any atom is 0.139 e. The minimum absolute atomic E-state index is 0.838. The molecule has 0 N–H and O–H groups in total. The summed E-state index contributed by atoms with van der Waals surface area (Å²) in [5.74, 6) is 0. The minimum atomic E-state index is 0.838. The summed E-state index contributed by atoms with van der Waals surface area (Å²) in [6.07, 6.45) is 0. The molecule has 23 aromatic carbocycles. The van der Waals surface area contributed by atoms with Gasteiger partial charge in [-0.1, -0.05) is 328 Å². The van der Waals surface area contributed by atoms with Crippen LogP contribution in [-0.4, -0.2) is 0 Å². The van der Waals surface area contributed by atoms with Crippen LogP contribution in [0.2, 0.25) is 0 Å². The van der Waals surface area contributed by atoms with E-state index in [2.05, 4.69) is 358 Å². The fourth-order valence-electron chi connectivity index (χ4n) is 21.3. The molecule has 0 amide bonds. The van der Waals surface area contributed by atoms with Gasteiger partial charge in [-0.2, -0.15) is 0 Å². The van der Waals surface area contributed by atoms with Crippen molar-refractivity contribution in [1.82, 2.24) is 0 Å². The van der Waals surface area contributed by atoms with Crippen LogP contribution in [0.1, 0.15) is 0 Å². The van der Waals surface area contributed by atoms with E-state index in [0.29, 0.717) is 0 Å². The van der Waals surface area contributed by atoms with Crippen LogP contribution in [0.15, 0.2) is 451 Å². The summed E-state index contributed by atoms with van der Waals surface area (Å²) in [4.78, 5) is 0. The molecule has 594 valence electrons. The first kappa shape index (κ1) is 71.5. The van der Waals surface area contributed by atoms with E-state index in [0.717, 1.165) is 132 Å². The van der Waals surface area contributed by atoms with Crippen LogP contribution >= 0.6 is 0 Å². The molecule has 0 bridgehead atoms. The molecule has 6 aromatic heterocycles. The van der Waals surface area contributed by atoms with Gasteiger partial charge < -0.3 is 26.5 Å². The molecular formula is C122H70O6. The predicted molar refractivity (Wildman–Crippen MR) is 536 cm³/mol. The van der Waals surface area contributed by atoms with Gasteiger partial charge >= 0.3 is 0 Å². The molecule has 6 nitrogen and oxygen atoms in total. The van der Waals surface area contributed by atoms with E-state index in [4.69, 9.17) is 26.5 Å². The van der Waals surface area contributed by atoms with Crippen molar-refractivity contribution in [3.63, 3.8) is 0 Å². The average molecular weight is 1630 g/mol. The van der Waals surface area contributed by atoms with Gasteiger partial charge in [0.25, 0.3) is 0 Å². The highest BCUT2D eigenvalue weighted by molar-refractivity contribution is 6.31. The molecule has 128 heavy (non-hydrogen) atoms. The summed E-state index contributed by atoms with van der Waals surface area (Å²) in [5.41, 5.74) is 25.3. The summed E-state index contributed by atoms with van der Waals surface area (Å²) < 4.78 is 37.8. The van der Waals surface area contributed by atoms with Gasteiger partial charge in [-0.15, -0.1) is 0 Å². The maximum atomic E-state index is 6.42. The zero-order chi connectivity index (χ0) is 83.8. The summed E-state index contributed by atoms with van der Waals surface area (Å²) in [6.45, 7) is 0. The standard InChI is InChI=1S/2C42H24O2.C38H22O2/c1-2-12-27-25(10-1)11-9-18-29(27)42-32-16-5-3-14-30(32)41(31-15-4-6-17-33(31)42)26-20-21-38-34(22-26)36-23-35-28-13-7-8-19-37(28)43-39(35)24-40(36)44-38;1-2-10-26-23-27(18-17-25(26)9-1)39-29-11-3-5-13-31(29)40(32-14-6-4-12-30(32)39)28-19-20-36-34(24-28)42-38(44-36)22-21-37-41(42)33-15-7-8-16-35(33)43-37;1-2-10-23(11-3-1)35-25-12-4-6-14-27(25)36(28-15-7-5-13-26(28)35)24-18-19-32-30(22-24)38-34(40-32)21-20-33-37(38)29-16-8-9-17-31(29)39-33/h2*1-24H;1-22H. The van der Waals surface area contributed by atoms with Crippen molar-refractivity contribution < 1.29 is 26.5 Å². The van der Waals surface area contributed by atoms with Crippen molar-refractivity contribution in [3.8, 4) is 66.8 Å². The average Bonchev–Trinajstić information content (AvgIpc) is 1.38. The lowest BCUT2D eigenvalue weighted by Gasteiger charge is -2.18. The third-order valence-corrected chi connectivity index (χ3v) is 26.7. The second-order valence-corrected chi connectivity index (χ2v) is 33.7. The van der Waals surface area contributed by atoms with E-state index in [1.807, 2.05) is 66.7 Å². The largest absolute Gasteiger partial charge is 0.456 e. The molecule has 0 aliphatic heterocycles. The van der Waals surface area contributed by atoms with Crippen LogP contribution in [0.3, 0.4) is 0 Å². The SMILES string of the molecule is c1ccc(-c2c3ccccc3c(-c3ccc4oc5ccc6oc7ccccc7c6c5c4c3)c3ccccc23)cc1.c1ccc2c(-c3c4ccccc4c(-c4ccc5oc6cc7oc8ccccc8c7cc6c5c4)c4ccccc34)cccc2c1.c1ccc2cc(-c3c4ccccc4c(-c4ccc5oc6ccc7oc8ccccc8c7c6c5c4)c4ccccc34)ccc2c1. The maximum absolute atomic E-state index is 6.42. The summed E-state index contributed by atoms with van der Waals surface area (Å²) >= 11 is 0. The predicted octanol–water partition coefficient (Wildman–Crippen LogP) is 35.7. The third-order valence-electron chi connectivity index (χ3n) is 26.7. The zero-order valence-corrected chi connectivity index (χ0v) is 68.9. The third kappa shape index (κ3) is 11.0. The lowest BCUT2D eigenvalue weighted by Crippen LogP contribution is -1.91. The lowest BCUT2D eigenvalue weighted by molar-refractivity contribution is 0.656. The molecule has 0 saturated heterocycles. The van der Waals surface area contributed by atoms with Crippen molar-refractivity contribution in [3.05, 3.63) is 425 Å². The van der Waals surface area contributed by atoms with E-state index in [-0.39, 0.29) is 0 Å². The van der Waals surface area contributed by atoms with Gasteiger partial charge in [0.05, 0.1) is 0 Å². The fraction of sp³-hybridized carbons (Fsp3) is 0. The molecule has 0 saturated carbocycles. The number of rotatable bonds is 6. The van der Waals surface area contributed by atoms with Crippen molar-refractivity contribution in [2.75, 3.05) is 0 Å². The van der Waals surface area contributed by atoms with E-state index in [1.54, 1.807) is 0 Å². The molecule has 0 unspecified atom stereocenters. The summed E-state index contributed by atoms with van der Waals surface area (Å²) in [5, 5.41) is 33.2. The van der Waals surface area contributed by atoms with E-state index in [1.165, 1.54) is 153 Å². The Morgan fingerprint density at radius 1 is 0.109 bits per heavy atom. The Morgan fingerprint density at radius 3 is 0.812 bits per heavy atom. The molecule has 29 aromatic rings. The van der Waals surface area contributed by atoms with Crippen molar-refractivity contribution in [2.24, 2.45) is 0 Å². The number of para-hydroxylation sites is 3. The summed E-state index contributed by atoms with van der Waals surface area (Å²) in [7, 11) is 0. The molecule has 0 aliphatic rings. The van der Waals surface area contributed by atoms with Crippen molar-refractivity contribution >= 4 is 218 Å². The second kappa shape index (κ2) is 28.2. The Labute approximate surface area is 730 Å². The molecule has 0 spiro atoms. The first-order valence-electron chi connectivity index (χ1n) is 43.6.